The van der Waals surface area contributed by atoms with Crippen molar-refractivity contribution in [2.45, 2.75) is 38.7 Å². The molecule has 2 aliphatic heterocycles. The fourth-order valence-electron chi connectivity index (χ4n) is 3.58. The van der Waals surface area contributed by atoms with E-state index in [9.17, 15) is 9.18 Å². The van der Waals surface area contributed by atoms with Gasteiger partial charge in [0.25, 0.3) is 0 Å². The third-order valence-electron chi connectivity index (χ3n) is 4.96. The van der Waals surface area contributed by atoms with E-state index < -0.39 is 0 Å². The van der Waals surface area contributed by atoms with Crippen molar-refractivity contribution in [2.75, 3.05) is 19.7 Å². The monoisotopic (exact) mass is 291 g/mol. The molecular weight excluding hydrogens is 269 g/mol. The Hall–Kier alpha value is -1.42. The molecule has 0 unspecified atom stereocenters. The summed E-state index contributed by atoms with van der Waals surface area (Å²) in [5.41, 5.74) is 0.933. The predicted octanol–water partition coefficient (Wildman–Crippen LogP) is 2.79. The van der Waals surface area contributed by atoms with E-state index in [0.29, 0.717) is 6.42 Å². The number of nitrogens with zero attached hydrogens (tertiary/aromatic N) is 1. The van der Waals surface area contributed by atoms with Crippen LogP contribution in [-0.4, -0.2) is 36.6 Å². The Morgan fingerprint density at radius 1 is 1.38 bits per heavy atom. The summed E-state index contributed by atoms with van der Waals surface area (Å²) in [5, 5.41) is 0. The number of ether oxygens (including phenoxy) is 1. The second-order valence-corrected chi connectivity index (χ2v) is 6.44. The van der Waals surface area contributed by atoms with Gasteiger partial charge in [-0.05, 0) is 36.3 Å². The quantitative estimate of drug-likeness (QED) is 0.838. The highest BCUT2D eigenvalue weighted by molar-refractivity contribution is 5.73. The molecule has 2 fully saturated rings. The van der Waals surface area contributed by atoms with Crippen molar-refractivity contribution in [3.63, 3.8) is 0 Å². The molecule has 21 heavy (non-hydrogen) atoms. The highest BCUT2D eigenvalue weighted by Crippen LogP contribution is 2.42. The van der Waals surface area contributed by atoms with Gasteiger partial charge in [-0.1, -0.05) is 18.2 Å². The number of rotatable bonds is 2. The Morgan fingerprint density at radius 2 is 2.10 bits per heavy atom. The summed E-state index contributed by atoms with van der Waals surface area (Å²) < 4.78 is 19.6. The number of likely N-dealkylation sites (tertiary alicyclic amines) is 1. The zero-order valence-electron chi connectivity index (χ0n) is 12.5. The molecular formula is C17H22FNO2. The van der Waals surface area contributed by atoms with Gasteiger partial charge in [-0.15, -0.1) is 0 Å². The van der Waals surface area contributed by atoms with E-state index in [4.69, 9.17) is 4.74 Å². The van der Waals surface area contributed by atoms with Gasteiger partial charge in [0.2, 0.25) is 5.91 Å². The van der Waals surface area contributed by atoms with Crippen LogP contribution in [0.1, 0.15) is 31.7 Å². The molecule has 1 amide bonds. The largest absolute Gasteiger partial charge is 0.377 e. The van der Waals surface area contributed by atoms with Crippen LogP contribution in [0.5, 0.6) is 0 Å². The molecule has 4 heteroatoms. The molecule has 1 spiro atoms. The first-order valence-corrected chi connectivity index (χ1v) is 7.69. The molecule has 3 nitrogen and oxygen atoms in total. The Morgan fingerprint density at radius 3 is 2.76 bits per heavy atom. The first-order valence-electron chi connectivity index (χ1n) is 7.69. The molecule has 0 bridgehead atoms. The van der Waals surface area contributed by atoms with Crippen molar-refractivity contribution in [1.29, 1.82) is 0 Å². The van der Waals surface area contributed by atoms with Crippen molar-refractivity contribution in [1.82, 2.24) is 4.90 Å². The van der Waals surface area contributed by atoms with Crippen LogP contribution in [0.3, 0.4) is 0 Å². The minimum Gasteiger partial charge on any atom is -0.377 e. The zero-order chi connectivity index (χ0) is 14.9. The van der Waals surface area contributed by atoms with Gasteiger partial charge in [0.15, 0.2) is 0 Å². The number of carbonyl (C=O) groups excluding carboxylic acids is 1. The highest BCUT2D eigenvalue weighted by atomic mass is 19.1. The number of piperidine rings is 1. The number of benzene rings is 1. The fourth-order valence-corrected chi connectivity index (χ4v) is 3.58. The first-order chi connectivity index (χ1) is 10.1. The minimum atomic E-state index is -0.145. The molecule has 0 N–H and O–H groups in total. The molecule has 0 aromatic heterocycles. The van der Waals surface area contributed by atoms with E-state index in [1.165, 1.54) is 6.07 Å². The fraction of sp³-hybridized carbons (Fsp3) is 0.588. The summed E-state index contributed by atoms with van der Waals surface area (Å²) >= 11 is 0. The van der Waals surface area contributed by atoms with Crippen molar-refractivity contribution in [2.24, 2.45) is 5.41 Å². The molecule has 2 saturated heterocycles. The summed E-state index contributed by atoms with van der Waals surface area (Å²) in [4.78, 5) is 13.3. The highest BCUT2D eigenvalue weighted by Gasteiger charge is 2.42. The molecule has 3 rings (SSSR count). The summed E-state index contributed by atoms with van der Waals surface area (Å²) in [6.07, 6.45) is 3.73. The second-order valence-electron chi connectivity index (χ2n) is 6.44. The molecule has 1 aromatic rings. The van der Waals surface area contributed by atoms with Crippen LogP contribution in [0.2, 0.25) is 0 Å². The SMILES string of the molecule is CC(=O)N1CCC2(CC1)CO[C@@H](Cc1ccccc1F)C2. The van der Waals surface area contributed by atoms with E-state index in [-0.39, 0.29) is 23.2 Å². The topological polar surface area (TPSA) is 29.5 Å². The lowest BCUT2D eigenvalue weighted by atomic mass is 9.76. The molecule has 1 aromatic carbocycles. The third-order valence-corrected chi connectivity index (χ3v) is 4.96. The molecule has 1 atom stereocenters. The van der Waals surface area contributed by atoms with Crippen molar-refractivity contribution < 1.29 is 13.9 Å². The van der Waals surface area contributed by atoms with Gasteiger partial charge in [-0.3, -0.25) is 4.79 Å². The molecule has 2 heterocycles. The van der Waals surface area contributed by atoms with Crippen LogP contribution in [0.15, 0.2) is 24.3 Å². The molecule has 114 valence electrons. The van der Waals surface area contributed by atoms with Crippen LogP contribution in [0.25, 0.3) is 0 Å². The second kappa shape index (κ2) is 5.76. The van der Waals surface area contributed by atoms with E-state index in [1.54, 1.807) is 13.0 Å². The summed E-state index contributed by atoms with van der Waals surface area (Å²) in [6, 6.07) is 6.93. The van der Waals surface area contributed by atoms with Gasteiger partial charge in [0.05, 0.1) is 12.7 Å². The van der Waals surface area contributed by atoms with Crippen molar-refractivity contribution in [3.05, 3.63) is 35.6 Å². The van der Waals surface area contributed by atoms with Gasteiger partial charge >= 0.3 is 0 Å². The number of amides is 1. The number of hydrogen-bond donors (Lipinski definition) is 0. The van der Waals surface area contributed by atoms with Crippen LogP contribution < -0.4 is 0 Å². The maximum atomic E-state index is 13.7. The van der Waals surface area contributed by atoms with Gasteiger partial charge in [-0.2, -0.15) is 0 Å². The standard InChI is InChI=1S/C17H22FNO2/c1-13(20)19-8-6-17(7-9-19)11-15(21-12-17)10-14-4-2-3-5-16(14)18/h2-5,15H,6-12H2,1H3/t15-/m0/s1. The number of carbonyl (C=O) groups is 1. The predicted molar refractivity (Wildman–Crippen MR) is 78.4 cm³/mol. The van der Waals surface area contributed by atoms with Gasteiger partial charge < -0.3 is 9.64 Å². The van der Waals surface area contributed by atoms with Crippen LogP contribution in [-0.2, 0) is 16.0 Å². The summed E-state index contributed by atoms with van der Waals surface area (Å²) in [7, 11) is 0. The zero-order valence-corrected chi connectivity index (χ0v) is 12.5. The Bertz CT molecular complexity index is 523. The summed E-state index contributed by atoms with van der Waals surface area (Å²) in [6.45, 7) is 4.03. The van der Waals surface area contributed by atoms with Crippen LogP contribution in [0.4, 0.5) is 4.39 Å². The number of halogens is 1. The average Bonchev–Trinajstić information content (AvgIpc) is 2.85. The smallest absolute Gasteiger partial charge is 0.219 e. The molecule has 0 aliphatic carbocycles. The van der Waals surface area contributed by atoms with Gasteiger partial charge in [0, 0.05) is 26.4 Å². The lowest BCUT2D eigenvalue weighted by molar-refractivity contribution is -0.131. The average molecular weight is 291 g/mol. The minimum absolute atomic E-state index is 0.103. The van der Waals surface area contributed by atoms with Crippen LogP contribution in [0, 0.1) is 11.2 Å². The molecule has 0 saturated carbocycles. The van der Waals surface area contributed by atoms with Crippen molar-refractivity contribution in [3.8, 4) is 0 Å². The van der Waals surface area contributed by atoms with E-state index in [0.717, 1.165) is 44.5 Å². The Labute approximate surface area is 125 Å². The molecule has 0 radical (unpaired) electrons. The van der Waals surface area contributed by atoms with Crippen molar-refractivity contribution >= 4 is 5.91 Å². The van der Waals surface area contributed by atoms with Gasteiger partial charge in [-0.25, -0.2) is 4.39 Å². The van der Waals surface area contributed by atoms with E-state index in [1.807, 2.05) is 17.0 Å². The maximum absolute atomic E-state index is 13.7. The first kappa shape index (κ1) is 14.5. The summed E-state index contributed by atoms with van der Waals surface area (Å²) in [5.74, 6) is 0.0140. The number of hydrogen-bond acceptors (Lipinski definition) is 2. The normalized spacial score (nSPS) is 24.5. The Balaban J connectivity index is 1.59. The Kier molecular flexibility index (Phi) is 3.98. The van der Waals surface area contributed by atoms with E-state index in [2.05, 4.69) is 0 Å². The maximum Gasteiger partial charge on any atom is 0.219 e. The van der Waals surface area contributed by atoms with E-state index >= 15 is 0 Å². The lowest BCUT2D eigenvalue weighted by Gasteiger charge is -2.38. The lowest BCUT2D eigenvalue weighted by Crippen LogP contribution is -2.42. The third kappa shape index (κ3) is 3.10. The van der Waals surface area contributed by atoms with Crippen LogP contribution >= 0.6 is 0 Å². The molecule has 2 aliphatic rings. The van der Waals surface area contributed by atoms with Gasteiger partial charge in [0.1, 0.15) is 5.82 Å².